The van der Waals surface area contributed by atoms with Gasteiger partial charge in [-0.15, -0.1) is 0 Å². The number of hydrazone groups is 1. The third kappa shape index (κ3) is 6.31. The van der Waals surface area contributed by atoms with Gasteiger partial charge in [-0.3, -0.25) is 9.10 Å². The van der Waals surface area contributed by atoms with Gasteiger partial charge in [0.1, 0.15) is 12.3 Å². The molecule has 0 aliphatic carbocycles. The van der Waals surface area contributed by atoms with Gasteiger partial charge in [-0.25, -0.2) is 13.8 Å². The molecule has 0 saturated heterocycles. The van der Waals surface area contributed by atoms with Crippen molar-refractivity contribution in [3.63, 3.8) is 0 Å². The number of halogens is 1. The maximum atomic E-state index is 13.4. The van der Waals surface area contributed by atoms with Crippen LogP contribution in [0.5, 0.6) is 17.2 Å². The first kappa shape index (κ1) is 26.0. The monoisotopic (exact) mass is 561 g/mol. The van der Waals surface area contributed by atoms with Crippen LogP contribution in [0.4, 0.5) is 5.69 Å². The second-order valence-corrected chi connectivity index (χ2v) is 10.1. The number of nitrogens with one attached hydrogen (secondary N) is 1. The minimum Gasteiger partial charge on any atom is -0.503 e. The highest BCUT2D eigenvalue weighted by molar-refractivity contribution is 9.10. The van der Waals surface area contributed by atoms with Crippen LogP contribution >= 0.6 is 15.9 Å². The molecular weight excluding hydrogens is 538 g/mol. The Morgan fingerprint density at radius 3 is 2.49 bits per heavy atom. The summed E-state index contributed by atoms with van der Waals surface area (Å²) in [5.74, 6) is -0.0640. The number of aromatic hydroxyl groups is 1. The van der Waals surface area contributed by atoms with Crippen LogP contribution in [0.3, 0.4) is 0 Å². The molecule has 0 spiro atoms. The van der Waals surface area contributed by atoms with Crippen molar-refractivity contribution in [2.75, 3.05) is 25.1 Å². The first-order chi connectivity index (χ1) is 16.6. The zero-order valence-electron chi connectivity index (χ0n) is 19.2. The van der Waals surface area contributed by atoms with Crippen molar-refractivity contribution in [1.82, 2.24) is 5.43 Å². The summed E-state index contributed by atoms with van der Waals surface area (Å²) < 4.78 is 38.6. The van der Waals surface area contributed by atoms with Crippen LogP contribution in [-0.4, -0.2) is 46.4 Å². The normalized spacial score (nSPS) is 11.3. The number of benzene rings is 3. The Hall–Kier alpha value is -3.57. The maximum absolute atomic E-state index is 13.4. The van der Waals surface area contributed by atoms with E-state index < -0.39 is 22.5 Å². The van der Waals surface area contributed by atoms with Crippen molar-refractivity contribution >= 4 is 43.8 Å². The number of methoxy groups -OCH3 is 2. The molecule has 9 nitrogen and oxygen atoms in total. The Labute approximate surface area is 212 Å². The minimum atomic E-state index is -4.07. The lowest BCUT2D eigenvalue weighted by atomic mass is 10.2. The van der Waals surface area contributed by atoms with Crippen LogP contribution in [0.25, 0.3) is 0 Å². The number of hydrogen-bond acceptors (Lipinski definition) is 7. The van der Waals surface area contributed by atoms with E-state index in [0.29, 0.717) is 15.8 Å². The van der Waals surface area contributed by atoms with Gasteiger partial charge in [0.2, 0.25) is 0 Å². The Kier molecular flexibility index (Phi) is 8.36. The van der Waals surface area contributed by atoms with Gasteiger partial charge in [0.15, 0.2) is 11.5 Å². The van der Waals surface area contributed by atoms with E-state index in [4.69, 9.17) is 9.47 Å². The molecular formula is C24H24BrN3O6S. The van der Waals surface area contributed by atoms with Gasteiger partial charge in [-0.05, 0) is 64.8 Å². The van der Waals surface area contributed by atoms with E-state index >= 15 is 0 Å². The van der Waals surface area contributed by atoms with E-state index in [-0.39, 0.29) is 22.1 Å². The number of hydrogen-bond donors (Lipinski definition) is 2. The minimum absolute atomic E-state index is 0.0447. The molecule has 2 N–H and O–H groups in total. The zero-order valence-corrected chi connectivity index (χ0v) is 21.6. The third-order valence-corrected chi connectivity index (χ3v) is 7.30. The highest BCUT2D eigenvalue weighted by Crippen LogP contribution is 2.34. The molecule has 0 unspecified atom stereocenters. The van der Waals surface area contributed by atoms with Crippen LogP contribution in [0, 0.1) is 6.92 Å². The van der Waals surface area contributed by atoms with E-state index in [1.54, 1.807) is 36.4 Å². The lowest BCUT2D eigenvalue weighted by Gasteiger charge is -2.24. The smallest absolute Gasteiger partial charge is 0.264 e. The number of sulfonamides is 1. The molecule has 11 heteroatoms. The Bertz CT molecular complexity index is 1340. The molecule has 0 aliphatic heterocycles. The van der Waals surface area contributed by atoms with Gasteiger partial charge in [0, 0.05) is 6.07 Å². The van der Waals surface area contributed by atoms with E-state index in [2.05, 4.69) is 26.5 Å². The standard InChI is InChI=1S/C24H24BrN3O6S/c1-16-7-9-20(10-8-16)35(31,32)28(18-5-4-6-19(13-18)33-2)15-23(29)27-26-14-17-11-21(25)24(30)22(12-17)34-3/h4-14,30H,15H2,1-3H3,(H,27,29)/b26-14-. The molecule has 1 amide bonds. The molecule has 3 rings (SSSR count). The number of aryl methyl sites for hydroxylation is 1. The van der Waals surface area contributed by atoms with Gasteiger partial charge < -0.3 is 14.6 Å². The summed E-state index contributed by atoms with van der Waals surface area (Å²) in [6.07, 6.45) is 1.34. The quantitative estimate of drug-likeness (QED) is 0.303. The average Bonchev–Trinajstić information content (AvgIpc) is 2.84. The van der Waals surface area contributed by atoms with E-state index in [9.17, 15) is 18.3 Å². The number of rotatable bonds is 9. The Morgan fingerprint density at radius 1 is 1.11 bits per heavy atom. The molecule has 0 radical (unpaired) electrons. The topological polar surface area (TPSA) is 118 Å². The van der Waals surface area contributed by atoms with Crippen LogP contribution in [0.1, 0.15) is 11.1 Å². The van der Waals surface area contributed by atoms with Gasteiger partial charge in [-0.2, -0.15) is 5.10 Å². The molecule has 35 heavy (non-hydrogen) atoms. The van der Waals surface area contributed by atoms with Crippen molar-refractivity contribution in [1.29, 1.82) is 0 Å². The second kappa shape index (κ2) is 11.2. The molecule has 0 heterocycles. The maximum Gasteiger partial charge on any atom is 0.264 e. The van der Waals surface area contributed by atoms with Crippen LogP contribution < -0.4 is 19.2 Å². The SMILES string of the molecule is COc1cccc(N(CC(=O)N/N=C\c2cc(Br)c(O)c(OC)c2)S(=O)(=O)c2ccc(C)cc2)c1. The fourth-order valence-corrected chi connectivity index (χ4v) is 4.96. The molecule has 0 bridgehead atoms. The highest BCUT2D eigenvalue weighted by Gasteiger charge is 2.27. The summed E-state index contributed by atoms with van der Waals surface area (Å²) >= 11 is 3.21. The molecule has 3 aromatic rings. The summed E-state index contributed by atoms with van der Waals surface area (Å²) in [7, 11) is -1.20. The van der Waals surface area contributed by atoms with Gasteiger partial charge >= 0.3 is 0 Å². The zero-order chi connectivity index (χ0) is 25.6. The highest BCUT2D eigenvalue weighted by atomic mass is 79.9. The molecule has 0 fully saturated rings. The van der Waals surface area contributed by atoms with Crippen LogP contribution in [0.15, 0.2) is 75.1 Å². The molecule has 0 aromatic heterocycles. The number of amides is 1. The second-order valence-electron chi connectivity index (χ2n) is 7.37. The first-order valence-electron chi connectivity index (χ1n) is 10.3. The van der Waals surface area contributed by atoms with Crippen molar-refractivity contribution in [2.24, 2.45) is 5.10 Å². The van der Waals surface area contributed by atoms with E-state index in [0.717, 1.165) is 9.87 Å². The number of phenolic OH excluding ortho intramolecular Hbond substituents is 1. The fraction of sp³-hybridized carbons (Fsp3) is 0.167. The van der Waals surface area contributed by atoms with Gasteiger partial charge in [0.05, 0.1) is 35.5 Å². The Balaban J connectivity index is 1.86. The summed E-state index contributed by atoms with van der Waals surface area (Å²) in [6, 6.07) is 15.9. The summed E-state index contributed by atoms with van der Waals surface area (Å²) in [5.41, 5.74) is 4.03. The first-order valence-corrected chi connectivity index (χ1v) is 12.5. The number of nitrogens with zero attached hydrogens (tertiary/aromatic N) is 2. The third-order valence-electron chi connectivity index (χ3n) is 4.91. The lowest BCUT2D eigenvalue weighted by molar-refractivity contribution is -0.119. The van der Waals surface area contributed by atoms with Crippen LogP contribution in [-0.2, 0) is 14.8 Å². The fourth-order valence-electron chi connectivity index (χ4n) is 3.09. The van der Waals surface area contributed by atoms with Gasteiger partial charge in [-0.1, -0.05) is 23.8 Å². The summed E-state index contributed by atoms with van der Waals surface area (Å²) in [5, 5.41) is 13.8. The number of carbonyl (C=O) groups excluding carboxylic acids is 1. The summed E-state index contributed by atoms with van der Waals surface area (Å²) in [6.45, 7) is 1.33. The average molecular weight is 562 g/mol. The number of anilines is 1. The molecule has 0 saturated carbocycles. The summed E-state index contributed by atoms with van der Waals surface area (Å²) in [4.78, 5) is 12.8. The largest absolute Gasteiger partial charge is 0.503 e. The molecule has 3 aromatic carbocycles. The van der Waals surface area contributed by atoms with Crippen molar-refractivity contribution in [3.05, 3.63) is 76.3 Å². The van der Waals surface area contributed by atoms with Gasteiger partial charge in [0.25, 0.3) is 15.9 Å². The van der Waals surface area contributed by atoms with Crippen LogP contribution in [0.2, 0.25) is 0 Å². The lowest BCUT2D eigenvalue weighted by Crippen LogP contribution is -2.39. The van der Waals surface area contributed by atoms with E-state index in [1.807, 2.05) is 6.92 Å². The Morgan fingerprint density at radius 2 is 1.83 bits per heavy atom. The molecule has 0 aliphatic rings. The molecule has 184 valence electrons. The molecule has 0 atom stereocenters. The van der Waals surface area contributed by atoms with Crippen molar-refractivity contribution in [3.8, 4) is 17.2 Å². The van der Waals surface area contributed by atoms with E-state index in [1.165, 1.54) is 44.7 Å². The number of ether oxygens (including phenoxy) is 2. The number of carbonyl (C=O) groups is 1. The number of phenols is 1. The predicted molar refractivity (Wildman–Crippen MR) is 137 cm³/mol. The van der Waals surface area contributed by atoms with Crippen molar-refractivity contribution < 1.29 is 27.8 Å². The van der Waals surface area contributed by atoms with Crippen molar-refractivity contribution in [2.45, 2.75) is 11.8 Å². The predicted octanol–water partition coefficient (Wildman–Crippen LogP) is 3.83.